The first kappa shape index (κ1) is 24.1. The van der Waals surface area contributed by atoms with Crippen LogP contribution < -0.4 is 0 Å². The van der Waals surface area contributed by atoms with Gasteiger partial charge >= 0.3 is 0 Å². The Morgan fingerprint density at radius 3 is 2.07 bits per heavy atom. The second kappa shape index (κ2) is 9.51. The number of hydrogen-bond acceptors (Lipinski definition) is 4. The highest BCUT2D eigenvalue weighted by atomic mass is 16.5. The van der Waals surface area contributed by atoms with E-state index in [1.165, 1.54) is 0 Å². The average Bonchev–Trinajstić information content (AvgIpc) is 2.88. The summed E-state index contributed by atoms with van der Waals surface area (Å²) in [6.45, 7) is 17.5. The molecule has 1 aliphatic heterocycles. The van der Waals surface area contributed by atoms with E-state index in [1.54, 1.807) is 7.11 Å². The lowest BCUT2D eigenvalue weighted by atomic mass is 9.63. The van der Waals surface area contributed by atoms with Crippen LogP contribution in [0.25, 0.3) is 0 Å². The van der Waals surface area contributed by atoms with Crippen LogP contribution in [0.15, 0.2) is 0 Å². The number of amides is 1. The molecule has 1 aliphatic rings. The Morgan fingerprint density at radius 1 is 1.04 bits per heavy atom. The zero-order valence-corrected chi connectivity index (χ0v) is 18.9. The third-order valence-electron chi connectivity index (χ3n) is 6.21. The molecule has 1 fully saturated rings. The molecule has 2 atom stereocenters. The van der Waals surface area contributed by atoms with Gasteiger partial charge in [-0.05, 0) is 31.1 Å². The summed E-state index contributed by atoms with van der Waals surface area (Å²) in [6.07, 6.45) is 1.93. The summed E-state index contributed by atoms with van der Waals surface area (Å²) >= 11 is 0. The van der Waals surface area contributed by atoms with Crippen LogP contribution in [-0.4, -0.2) is 55.1 Å². The van der Waals surface area contributed by atoms with E-state index in [9.17, 15) is 9.59 Å². The first-order valence-corrected chi connectivity index (χ1v) is 10.3. The van der Waals surface area contributed by atoms with Gasteiger partial charge in [0.1, 0.15) is 5.78 Å². The van der Waals surface area contributed by atoms with E-state index in [2.05, 4.69) is 27.7 Å². The van der Waals surface area contributed by atoms with Crippen LogP contribution in [0.2, 0.25) is 0 Å². The monoisotopic (exact) mass is 383 g/mol. The number of likely N-dealkylation sites (tertiary alicyclic amines) is 1. The van der Waals surface area contributed by atoms with Crippen LogP contribution in [-0.2, 0) is 19.1 Å². The summed E-state index contributed by atoms with van der Waals surface area (Å²) in [6, 6.07) is 0.0578. The van der Waals surface area contributed by atoms with Crippen molar-refractivity contribution in [3.05, 3.63) is 0 Å². The van der Waals surface area contributed by atoms with Gasteiger partial charge in [0.25, 0.3) is 0 Å². The number of rotatable bonds is 10. The van der Waals surface area contributed by atoms with Crippen LogP contribution in [0.4, 0.5) is 0 Å². The number of Topliss-reactive ketones (excluding diaryl/α,β-unsaturated/α-hetero) is 1. The lowest BCUT2D eigenvalue weighted by Gasteiger charge is -2.42. The van der Waals surface area contributed by atoms with Crippen molar-refractivity contribution < 1.29 is 19.1 Å². The summed E-state index contributed by atoms with van der Waals surface area (Å²) in [5, 5.41) is 0. The second-order valence-electron chi connectivity index (χ2n) is 9.94. The van der Waals surface area contributed by atoms with Gasteiger partial charge in [-0.2, -0.15) is 0 Å². The third kappa shape index (κ3) is 6.56. The highest BCUT2D eigenvalue weighted by Crippen LogP contribution is 2.45. The smallest absolute Gasteiger partial charge is 0.223 e. The molecule has 1 heterocycles. The van der Waals surface area contributed by atoms with E-state index >= 15 is 0 Å². The number of nitrogens with zero attached hydrogens (tertiary/aromatic N) is 1. The Morgan fingerprint density at radius 2 is 1.59 bits per heavy atom. The third-order valence-corrected chi connectivity index (χ3v) is 6.21. The zero-order chi connectivity index (χ0) is 21.0. The zero-order valence-electron chi connectivity index (χ0n) is 18.9. The average molecular weight is 384 g/mol. The van der Waals surface area contributed by atoms with E-state index in [1.807, 2.05) is 32.6 Å². The largest absolute Gasteiger partial charge is 0.383 e. The molecule has 0 saturated carbocycles. The molecule has 1 amide bonds. The summed E-state index contributed by atoms with van der Waals surface area (Å²) in [5.74, 6) is 0.403. The maximum Gasteiger partial charge on any atom is 0.223 e. The quantitative estimate of drug-likeness (QED) is 0.570. The highest BCUT2D eigenvalue weighted by Gasteiger charge is 2.43. The van der Waals surface area contributed by atoms with Crippen molar-refractivity contribution in [1.29, 1.82) is 0 Å². The minimum atomic E-state index is -0.288. The fraction of sp³-hybridized carbons (Fsp3) is 0.909. The summed E-state index contributed by atoms with van der Waals surface area (Å²) in [5.41, 5.74) is -0.544. The number of ketones is 1. The first-order chi connectivity index (χ1) is 12.3. The van der Waals surface area contributed by atoms with Gasteiger partial charge in [-0.1, -0.05) is 41.5 Å². The fourth-order valence-corrected chi connectivity index (χ4v) is 3.61. The molecule has 5 heteroatoms. The molecule has 27 heavy (non-hydrogen) atoms. The molecular formula is C22H41NO4. The number of carbonyl (C=O) groups is 2. The van der Waals surface area contributed by atoms with E-state index in [-0.39, 0.29) is 46.7 Å². The van der Waals surface area contributed by atoms with Gasteiger partial charge in [0.15, 0.2) is 0 Å². The summed E-state index contributed by atoms with van der Waals surface area (Å²) in [4.78, 5) is 27.4. The van der Waals surface area contributed by atoms with Crippen LogP contribution in [0.1, 0.15) is 74.7 Å². The Kier molecular flexibility index (Phi) is 8.49. The summed E-state index contributed by atoms with van der Waals surface area (Å²) < 4.78 is 11.3. The van der Waals surface area contributed by atoms with Crippen molar-refractivity contribution in [2.75, 3.05) is 20.3 Å². The first-order valence-electron chi connectivity index (χ1n) is 10.3. The molecule has 5 nitrogen and oxygen atoms in total. The molecule has 158 valence electrons. The summed E-state index contributed by atoms with van der Waals surface area (Å²) in [7, 11) is 1.67. The molecular weight excluding hydrogens is 342 g/mol. The Bertz CT molecular complexity index is 510. The molecule has 1 saturated heterocycles. The maximum absolute atomic E-state index is 13.2. The molecule has 0 aliphatic carbocycles. The van der Waals surface area contributed by atoms with Gasteiger partial charge in [0.2, 0.25) is 5.91 Å². The van der Waals surface area contributed by atoms with Crippen LogP contribution >= 0.6 is 0 Å². The van der Waals surface area contributed by atoms with Crippen LogP contribution in [0.5, 0.6) is 0 Å². The molecule has 0 aromatic carbocycles. The number of carbonyl (C=O) groups excluding carboxylic acids is 2. The van der Waals surface area contributed by atoms with Gasteiger partial charge in [-0.15, -0.1) is 0 Å². The lowest BCUT2D eigenvalue weighted by Crippen LogP contribution is -2.44. The second-order valence-corrected chi connectivity index (χ2v) is 9.94. The van der Waals surface area contributed by atoms with E-state index in [0.29, 0.717) is 26.0 Å². The fourth-order valence-electron chi connectivity index (χ4n) is 3.61. The molecule has 0 radical (unpaired) electrons. The highest BCUT2D eigenvalue weighted by molar-refractivity contribution is 5.81. The molecule has 0 bridgehead atoms. The number of methoxy groups -OCH3 is 1. The van der Waals surface area contributed by atoms with Gasteiger partial charge < -0.3 is 14.4 Å². The van der Waals surface area contributed by atoms with Crippen molar-refractivity contribution >= 4 is 11.7 Å². The van der Waals surface area contributed by atoms with Gasteiger partial charge in [0, 0.05) is 32.4 Å². The maximum atomic E-state index is 13.2. The molecule has 1 unspecified atom stereocenters. The van der Waals surface area contributed by atoms with E-state index in [0.717, 1.165) is 6.42 Å². The van der Waals surface area contributed by atoms with Crippen LogP contribution in [0, 0.1) is 16.7 Å². The standard InChI is InChI=1S/C22H41NO4/c1-15(2)19(24)11-21(5,6)22(7,8)12-20(25)23-13-18(27-16(3)4)10-17(23)14-26-9/h15-18H,10-14H2,1-9H3/t17?,18-/m1/s1. The topological polar surface area (TPSA) is 55.8 Å². The van der Waals surface area contributed by atoms with Crippen molar-refractivity contribution in [1.82, 2.24) is 4.90 Å². The lowest BCUT2D eigenvalue weighted by molar-refractivity contribution is -0.139. The normalized spacial score (nSPS) is 21.4. The Labute approximate surface area is 166 Å². The SMILES string of the molecule is COCC1C[C@@H](OC(C)C)CN1C(=O)CC(C)(C)C(C)(C)CC(=O)C(C)C. The number of hydrogen-bond donors (Lipinski definition) is 0. The number of ether oxygens (including phenoxy) is 2. The predicted molar refractivity (Wildman–Crippen MR) is 109 cm³/mol. The van der Waals surface area contributed by atoms with Crippen molar-refractivity contribution in [3.8, 4) is 0 Å². The molecule has 0 aromatic rings. The Balaban J connectivity index is 2.85. The molecule has 0 aromatic heterocycles. The van der Waals surface area contributed by atoms with Crippen molar-refractivity contribution in [2.24, 2.45) is 16.7 Å². The predicted octanol–water partition coefficient (Wildman–Crippen LogP) is 4.09. The minimum Gasteiger partial charge on any atom is -0.383 e. The van der Waals surface area contributed by atoms with E-state index < -0.39 is 0 Å². The van der Waals surface area contributed by atoms with E-state index in [4.69, 9.17) is 9.47 Å². The minimum absolute atomic E-state index is 0.0226. The molecule has 1 rings (SSSR count). The molecule has 0 spiro atoms. The Hall–Kier alpha value is -0.940. The van der Waals surface area contributed by atoms with Crippen molar-refractivity contribution in [2.45, 2.75) is 92.9 Å². The van der Waals surface area contributed by atoms with Crippen molar-refractivity contribution in [3.63, 3.8) is 0 Å². The van der Waals surface area contributed by atoms with Gasteiger partial charge in [0.05, 0.1) is 24.9 Å². The van der Waals surface area contributed by atoms with Crippen LogP contribution in [0.3, 0.4) is 0 Å². The van der Waals surface area contributed by atoms with Gasteiger partial charge in [-0.25, -0.2) is 0 Å². The molecule has 0 N–H and O–H groups in total. The van der Waals surface area contributed by atoms with Gasteiger partial charge in [-0.3, -0.25) is 9.59 Å².